The topological polar surface area (TPSA) is 102 Å². The summed E-state index contributed by atoms with van der Waals surface area (Å²) in [6, 6.07) is 10.0. The Morgan fingerprint density at radius 2 is 1.89 bits per heavy atom. The Labute approximate surface area is 209 Å². The number of hydrogen-bond donors (Lipinski definition) is 1. The van der Waals surface area contributed by atoms with Gasteiger partial charge in [0.25, 0.3) is 0 Å². The third-order valence-corrected chi connectivity index (χ3v) is 7.24. The second-order valence-electron chi connectivity index (χ2n) is 9.42. The molecule has 3 aliphatic rings. The molecule has 0 aliphatic carbocycles. The highest BCUT2D eigenvalue weighted by molar-refractivity contribution is 5.90. The van der Waals surface area contributed by atoms with Gasteiger partial charge in [-0.15, -0.1) is 0 Å². The van der Waals surface area contributed by atoms with E-state index in [9.17, 15) is 5.11 Å². The largest absolute Gasteiger partial charge is 0.496 e. The van der Waals surface area contributed by atoms with Crippen molar-refractivity contribution in [2.24, 2.45) is 0 Å². The first-order valence-electron chi connectivity index (χ1n) is 12.4. The molecule has 3 aromatic rings. The summed E-state index contributed by atoms with van der Waals surface area (Å²) in [6.45, 7) is 6.60. The summed E-state index contributed by atoms with van der Waals surface area (Å²) in [5.41, 5.74) is 3.01. The van der Waals surface area contributed by atoms with Gasteiger partial charge in [-0.1, -0.05) is 0 Å². The molecule has 6 rings (SSSR count). The third-order valence-electron chi connectivity index (χ3n) is 7.24. The zero-order valence-electron chi connectivity index (χ0n) is 20.6. The van der Waals surface area contributed by atoms with Crippen LogP contribution in [0.1, 0.15) is 12.5 Å². The first-order chi connectivity index (χ1) is 17.7. The second-order valence-corrected chi connectivity index (χ2v) is 9.42. The molecule has 3 aliphatic heterocycles. The van der Waals surface area contributed by atoms with Gasteiger partial charge >= 0.3 is 0 Å². The number of ether oxygens (including phenoxy) is 4. The summed E-state index contributed by atoms with van der Waals surface area (Å²) in [5, 5.41) is 10.7. The Balaban J connectivity index is 1.47. The number of pyridine rings is 1. The van der Waals surface area contributed by atoms with Crippen LogP contribution in [-0.4, -0.2) is 91.5 Å². The maximum absolute atomic E-state index is 9.79. The highest BCUT2D eigenvalue weighted by Crippen LogP contribution is 2.33. The van der Waals surface area contributed by atoms with Crippen LogP contribution < -0.4 is 14.5 Å². The second kappa shape index (κ2) is 9.78. The summed E-state index contributed by atoms with van der Waals surface area (Å²) in [5.74, 6) is 2.17. The zero-order valence-corrected chi connectivity index (χ0v) is 20.6. The molecule has 0 spiro atoms. The van der Waals surface area contributed by atoms with Crippen molar-refractivity contribution < 1.29 is 24.1 Å². The Morgan fingerprint density at radius 3 is 2.72 bits per heavy atom. The first kappa shape index (κ1) is 23.4. The van der Waals surface area contributed by atoms with Gasteiger partial charge in [-0.25, -0.2) is 4.98 Å². The lowest BCUT2D eigenvalue weighted by molar-refractivity contribution is 0.0220. The summed E-state index contributed by atoms with van der Waals surface area (Å²) < 4.78 is 22.7. The van der Waals surface area contributed by atoms with Gasteiger partial charge in [-0.3, -0.25) is 0 Å². The van der Waals surface area contributed by atoms with Crippen LogP contribution in [0.4, 0.5) is 11.8 Å². The van der Waals surface area contributed by atoms with Gasteiger partial charge in [0, 0.05) is 24.2 Å². The molecule has 0 radical (unpaired) electrons. The molecule has 10 heteroatoms. The lowest BCUT2D eigenvalue weighted by Crippen LogP contribution is -2.51. The number of anilines is 2. The van der Waals surface area contributed by atoms with Crippen LogP contribution in [0, 0.1) is 0 Å². The molecule has 3 saturated heterocycles. The van der Waals surface area contributed by atoms with E-state index in [-0.39, 0.29) is 24.8 Å². The third kappa shape index (κ3) is 4.13. The molecule has 0 unspecified atom stereocenters. The summed E-state index contributed by atoms with van der Waals surface area (Å²) in [4.78, 5) is 19.5. The molecule has 2 aromatic heterocycles. The molecular weight excluding hydrogens is 462 g/mol. The number of methoxy groups -OCH3 is 1. The number of morpholine rings is 2. The number of aliphatic hydroxyl groups is 1. The van der Waals surface area contributed by atoms with E-state index in [1.807, 2.05) is 30.3 Å². The van der Waals surface area contributed by atoms with Crippen molar-refractivity contribution in [3.63, 3.8) is 0 Å². The fourth-order valence-electron chi connectivity index (χ4n) is 5.28. The summed E-state index contributed by atoms with van der Waals surface area (Å²) in [6.07, 6.45) is 0.0271. The average Bonchev–Trinajstić information content (AvgIpc) is 3.41. The van der Waals surface area contributed by atoms with Crippen molar-refractivity contribution in [1.29, 1.82) is 0 Å². The average molecular weight is 494 g/mol. The Bertz CT molecular complexity index is 1260. The van der Waals surface area contributed by atoms with E-state index in [0.29, 0.717) is 62.5 Å². The molecule has 5 heterocycles. The van der Waals surface area contributed by atoms with Crippen LogP contribution in [-0.2, 0) is 20.8 Å². The molecule has 10 nitrogen and oxygen atoms in total. The molecule has 0 bridgehead atoms. The molecular formula is C26H31N5O5. The molecule has 1 aromatic carbocycles. The predicted octanol–water partition coefficient (Wildman–Crippen LogP) is 2.02. The molecule has 0 amide bonds. The van der Waals surface area contributed by atoms with Gasteiger partial charge in [-0.05, 0) is 37.3 Å². The van der Waals surface area contributed by atoms with Crippen LogP contribution in [0.25, 0.3) is 22.3 Å². The standard InChI is InChI=1S/C26H31N5O5/c1-16-13-34-9-7-30(16)25-19-4-5-20(17-3-6-22(33-2)18(11-17)12-32)27-24(19)28-26(29-25)31-8-10-36-23-15-35-14-21(23)31/h3-6,11,16,21,23,32H,7-10,12-15H2,1-2H3/t16-,21-,23+/m0/s1. The monoisotopic (exact) mass is 493 g/mol. The van der Waals surface area contributed by atoms with Crippen molar-refractivity contribution in [2.75, 3.05) is 63.0 Å². The van der Waals surface area contributed by atoms with E-state index in [1.54, 1.807) is 7.11 Å². The molecule has 1 N–H and O–H groups in total. The smallest absolute Gasteiger partial charge is 0.229 e. The van der Waals surface area contributed by atoms with E-state index < -0.39 is 0 Å². The van der Waals surface area contributed by atoms with Gasteiger partial charge in [0.2, 0.25) is 5.95 Å². The lowest BCUT2D eigenvalue weighted by Gasteiger charge is -2.38. The summed E-state index contributed by atoms with van der Waals surface area (Å²) in [7, 11) is 1.60. The Morgan fingerprint density at radius 1 is 1.00 bits per heavy atom. The predicted molar refractivity (Wildman–Crippen MR) is 135 cm³/mol. The Kier molecular flexibility index (Phi) is 6.34. The van der Waals surface area contributed by atoms with Crippen LogP contribution in [0.3, 0.4) is 0 Å². The van der Waals surface area contributed by atoms with Gasteiger partial charge in [-0.2, -0.15) is 9.97 Å². The van der Waals surface area contributed by atoms with E-state index in [4.69, 9.17) is 33.9 Å². The number of aromatic nitrogens is 3. The first-order valence-corrected chi connectivity index (χ1v) is 12.4. The SMILES string of the molecule is COc1ccc(-c2ccc3c(N4CCOC[C@@H]4C)nc(N4CCO[C@@H]5COC[C@@H]54)nc3n2)cc1CO. The van der Waals surface area contributed by atoms with Crippen LogP contribution >= 0.6 is 0 Å². The summed E-state index contributed by atoms with van der Waals surface area (Å²) >= 11 is 0. The van der Waals surface area contributed by atoms with Gasteiger partial charge in [0.05, 0.1) is 69.9 Å². The van der Waals surface area contributed by atoms with Crippen molar-refractivity contribution in [3.05, 3.63) is 35.9 Å². The van der Waals surface area contributed by atoms with E-state index >= 15 is 0 Å². The minimum atomic E-state index is -0.113. The van der Waals surface area contributed by atoms with E-state index in [0.717, 1.165) is 29.0 Å². The van der Waals surface area contributed by atoms with Crippen molar-refractivity contribution in [1.82, 2.24) is 15.0 Å². The normalized spacial score (nSPS) is 24.2. The van der Waals surface area contributed by atoms with Crippen molar-refractivity contribution in [3.8, 4) is 17.0 Å². The highest BCUT2D eigenvalue weighted by atomic mass is 16.6. The van der Waals surface area contributed by atoms with Gasteiger partial charge < -0.3 is 33.9 Å². The number of benzene rings is 1. The maximum Gasteiger partial charge on any atom is 0.229 e. The van der Waals surface area contributed by atoms with Crippen LogP contribution in [0.15, 0.2) is 30.3 Å². The molecule has 36 heavy (non-hydrogen) atoms. The Hall–Kier alpha value is -3.05. The number of nitrogens with zero attached hydrogens (tertiary/aromatic N) is 5. The van der Waals surface area contributed by atoms with E-state index in [2.05, 4.69) is 16.7 Å². The molecule has 190 valence electrons. The fourth-order valence-corrected chi connectivity index (χ4v) is 5.28. The molecule has 0 saturated carbocycles. The maximum atomic E-state index is 9.79. The minimum absolute atomic E-state index is 0.0271. The zero-order chi connectivity index (χ0) is 24.6. The highest BCUT2D eigenvalue weighted by Gasteiger charge is 2.39. The van der Waals surface area contributed by atoms with Crippen LogP contribution in [0.2, 0.25) is 0 Å². The number of hydrogen-bond acceptors (Lipinski definition) is 10. The van der Waals surface area contributed by atoms with Crippen LogP contribution in [0.5, 0.6) is 5.75 Å². The van der Waals surface area contributed by atoms with Gasteiger partial charge in [0.15, 0.2) is 5.65 Å². The number of rotatable bonds is 5. The van der Waals surface area contributed by atoms with Gasteiger partial charge in [0.1, 0.15) is 17.7 Å². The number of aliphatic hydroxyl groups excluding tert-OH is 1. The lowest BCUT2D eigenvalue weighted by atomic mass is 10.1. The number of fused-ring (bicyclic) bond motifs is 2. The van der Waals surface area contributed by atoms with Crippen molar-refractivity contribution in [2.45, 2.75) is 31.7 Å². The minimum Gasteiger partial charge on any atom is -0.496 e. The quantitative estimate of drug-likeness (QED) is 0.568. The van der Waals surface area contributed by atoms with Crippen molar-refractivity contribution >= 4 is 22.8 Å². The van der Waals surface area contributed by atoms with E-state index in [1.165, 1.54) is 0 Å². The fraction of sp³-hybridized carbons (Fsp3) is 0.500. The molecule has 3 fully saturated rings. The molecule has 3 atom stereocenters.